The van der Waals surface area contributed by atoms with Crippen LogP contribution in [0.15, 0.2) is 41.8 Å². The maximum atomic E-state index is 12.9. The van der Waals surface area contributed by atoms with E-state index >= 15 is 0 Å². The van der Waals surface area contributed by atoms with Crippen molar-refractivity contribution in [2.45, 2.75) is 31.3 Å². The molecule has 1 aromatic heterocycles. The van der Waals surface area contributed by atoms with Gasteiger partial charge in [0.25, 0.3) is 5.91 Å². The molecule has 1 spiro atoms. The number of imide groups is 1. The molecule has 2 N–H and O–H groups in total. The first-order valence-electron chi connectivity index (χ1n) is 8.57. The average Bonchev–Trinajstić information content (AvgIpc) is 3.23. The number of aryl methyl sites for hydroxylation is 1. The predicted octanol–water partition coefficient (Wildman–Crippen LogP) is 1.84. The largest absolute Gasteiger partial charge is 0.350 e. The molecule has 1 fully saturated rings. The summed E-state index contributed by atoms with van der Waals surface area (Å²) in [6, 6.07) is 11.3. The van der Waals surface area contributed by atoms with E-state index in [-0.39, 0.29) is 18.4 Å². The lowest BCUT2D eigenvalue weighted by Crippen LogP contribution is -2.51. The molecule has 1 atom stereocenters. The molecule has 0 radical (unpaired) electrons. The number of nitrogens with one attached hydrogen (secondary N) is 2. The molecular formula is C19H19N3O3S. The van der Waals surface area contributed by atoms with Crippen molar-refractivity contribution in [2.24, 2.45) is 0 Å². The summed E-state index contributed by atoms with van der Waals surface area (Å²) >= 11 is 1.55. The quantitative estimate of drug-likeness (QED) is 0.808. The summed E-state index contributed by atoms with van der Waals surface area (Å²) in [7, 11) is 0. The first kappa shape index (κ1) is 16.8. The topological polar surface area (TPSA) is 78.5 Å². The third kappa shape index (κ3) is 2.99. The second-order valence-corrected chi connectivity index (χ2v) is 7.74. The fourth-order valence-corrected chi connectivity index (χ4v) is 4.29. The molecule has 6 nitrogen and oxygen atoms in total. The Morgan fingerprint density at radius 1 is 1.19 bits per heavy atom. The number of carbonyl (C=O) groups excluding carboxylic acids is 3. The Bertz CT molecular complexity index is 865. The van der Waals surface area contributed by atoms with E-state index in [2.05, 4.69) is 16.7 Å². The highest BCUT2D eigenvalue weighted by molar-refractivity contribution is 7.09. The Labute approximate surface area is 155 Å². The molecule has 7 heteroatoms. The Kier molecular flexibility index (Phi) is 4.24. The van der Waals surface area contributed by atoms with Crippen LogP contribution in [-0.2, 0) is 29.0 Å². The SMILES string of the molecule is O=C(CN1C(=O)NC2(CCc3ccccc3C2)C1=O)NCc1cccs1. The normalized spacial score (nSPS) is 21.6. The molecule has 1 unspecified atom stereocenters. The number of rotatable bonds is 4. The number of benzene rings is 1. The highest BCUT2D eigenvalue weighted by atomic mass is 32.1. The predicted molar refractivity (Wildman–Crippen MR) is 97.6 cm³/mol. The Hall–Kier alpha value is -2.67. The highest BCUT2D eigenvalue weighted by Crippen LogP contribution is 2.33. The van der Waals surface area contributed by atoms with Crippen molar-refractivity contribution in [2.75, 3.05) is 6.54 Å². The van der Waals surface area contributed by atoms with Gasteiger partial charge >= 0.3 is 6.03 Å². The van der Waals surface area contributed by atoms with Crippen LogP contribution in [0.4, 0.5) is 4.79 Å². The zero-order chi connectivity index (χ0) is 18.1. The molecule has 0 bridgehead atoms. The average molecular weight is 369 g/mol. The summed E-state index contributed by atoms with van der Waals surface area (Å²) in [6.45, 7) is 0.151. The van der Waals surface area contributed by atoms with Gasteiger partial charge in [0.15, 0.2) is 0 Å². The minimum atomic E-state index is -0.917. The van der Waals surface area contributed by atoms with Crippen molar-refractivity contribution >= 4 is 29.2 Å². The van der Waals surface area contributed by atoms with Gasteiger partial charge in [0.1, 0.15) is 12.1 Å². The fourth-order valence-electron chi connectivity index (χ4n) is 3.64. The van der Waals surface area contributed by atoms with E-state index in [1.54, 1.807) is 11.3 Å². The highest BCUT2D eigenvalue weighted by Gasteiger charge is 2.52. The molecule has 1 aliphatic heterocycles. The van der Waals surface area contributed by atoms with Gasteiger partial charge in [-0.05, 0) is 35.4 Å². The van der Waals surface area contributed by atoms with E-state index in [0.717, 1.165) is 21.8 Å². The van der Waals surface area contributed by atoms with Crippen LogP contribution in [0, 0.1) is 0 Å². The molecule has 1 saturated heterocycles. The third-order valence-corrected chi connectivity index (χ3v) is 5.90. The number of fused-ring (bicyclic) bond motifs is 1. The summed E-state index contributed by atoms with van der Waals surface area (Å²) < 4.78 is 0. The minimum absolute atomic E-state index is 0.251. The van der Waals surface area contributed by atoms with Crippen molar-refractivity contribution in [3.63, 3.8) is 0 Å². The second-order valence-electron chi connectivity index (χ2n) is 6.71. The van der Waals surface area contributed by atoms with Gasteiger partial charge in [-0.3, -0.25) is 14.5 Å². The number of nitrogens with zero attached hydrogens (tertiary/aromatic N) is 1. The zero-order valence-electron chi connectivity index (χ0n) is 14.2. The zero-order valence-corrected chi connectivity index (χ0v) is 15.0. The molecule has 1 aliphatic carbocycles. The smallest absolute Gasteiger partial charge is 0.325 e. The number of amides is 4. The van der Waals surface area contributed by atoms with E-state index in [9.17, 15) is 14.4 Å². The standard InChI is InChI=1S/C19H19N3O3S/c23-16(20-11-15-6-3-9-26-15)12-22-17(24)19(21-18(22)25)8-7-13-4-1-2-5-14(13)10-19/h1-6,9H,7-8,10-12H2,(H,20,23)(H,21,25). The van der Waals surface area contributed by atoms with Crippen molar-refractivity contribution in [3.8, 4) is 0 Å². The van der Waals surface area contributed by atoms with Crippen molar-refractivity contribution in [1.82, 2.24) is 15.5 Å². The van der Waals surface area contributed by atoms with E-state index in [0.29, 0.717) is 19.4 Å². The van der Waals surface area contributed by atoms with Crippen LogP contribution >= 0.6 is 11.3 Å². The van der Waals surface area contributed by atoms with Gasteiger partial charge in [0.05, 0.1) is 6.54 Å². The lowest BCUT2D eigenvalue weighted by atomic mass is 9.78. The Balaban J connectivity index is 1.43. The first-order valence-corrected chi connectivity index (χ1v) is 9.45. The van der Waals surface area contributed by atoms with Crippen molar-refractivity contribution in [3.05, 3.63) is 57.8 Å². The van der Waals surface area contributed by atoms with E-state index in [1.165, 1.54) is 5.56 Å². The monoisotopic (exact) mass is 369 g/mol. The van der Waals surface area contributed by atoms with Crippen molar-refractivity contribution < 1.29 is 14.4 Å². The number of hydrogen-bond donors (Lipinski definition) is 2. The maximum absolute atomic E-state index is 12.9. The van der Waals surface area contributed by atoms with Gasteiger partial charge in [-0.1, -0.05) is 30.3 Å². The van der Waals surface area contributed by atoms with Crippen LogP contribution in [0.5, 0.6) is 0 Å². The molecule has 2 heterocycles. The molecule has 2 aliphatic rings. The summed E-state index contributed by atoms with van der Waals surface area (Å²) in [4.78, 5) is 39.5. The van der Waals surface area contributed by atoms with Gasteiger partial charge in [0.2, 0.25) is 5.91 Å². The van der Waals surface area contributed by atoms with Crippen LogP contribution in [0.3, 0.4) is 0 Å². The first-order chi connectivity index (χ1) is 12.6. The summed E-state index contributed by atoms with van der Waals surface area (Å²) in [5, 5.41) is 7.54. The molecular weight excluding hydrogens is 350 g/mol. The van der Waals surface area contributed by atoms with Gasteiger partial charge in [-0.15, -0.1) is 11.3 Å². The lowest BCUT2D eigenvalue weighted by molar-refractivity contribution is -0.135. The Morgan fingerprint density at radius 2 is 2.00 bits per heavy atom. The number of carbonyl (C=O) groups is 3. The van der Waals surface area contributed by atoms with E-state index in [1.807, 2.05) is 35.7 Å². The molecule has 4 rings (SSSR count). The van der Waals surface area contributed by atoms with Crippen LogP contribution in [0.25, 0.3) is 0 Å². The molecule has 134 valence electrons. The van der Waals surface area contributed by atoms with Crippen LogP contribution in [0.1, 0.15) is 22.4 Å². The van der Waals surface area contributed by atoms with Crippen LogP contribution in [0.2, 0.25) is 0 Å². The molecule has 1 aromatic carbocycles. The summed E-state index contributed by atoms with van der Waals surface area (Å²) in [6.07, 6.45) is 1.77. The fraction of sp³-hybridized carbons (Fsp3) is 0.316. The van der Waals surface area contributed by atoms with Crippen LogP contribution < -0.4 is 10.6 Å². The molecule has 4 amide bonds. The maximum Gasteiger partial charge on any atom is 0.325 e. The third-order valence-electron chi connectivity index (χ3n) is 5.02. The molecule has 0 saturated carbocycles. The lowest BCUT2D eigenvalue weighted by Gasteiger charge is -2.32. The van der Waals surface area contributed by atoms with E-state index in [4.69, 9.17) is 0 Å². The number of urea groups is 1. The Morgan fingerprint density at radius 3 is 2.77 bits per heavy atom. The van der Waals surface area contributed by atoms with Gasteiger partial charge in [0, 0.05) is 11.3 Å². The summed E-state index contributed by atoms with van der Waals surface area (Å²) in [5.74, 6) is -0.640. The molecule has 2 aromatic rings. The second kappa shape index (κ2) is 6.57. The summed E-state index contributed by atoms with van der Waals surface area (Å²) in [5.41, 5.74) is 1.38. The van der Waals surface area contributed by atoms with Crippen LogP contribution in [-0.4, -0.2) is 34.8 Å². The number of thiophene rings is 1. The van der Waals surface area contributed by atoms with E-state index < -0.39 is 11.6 Å². The molecule has 26 heavy (non-hydrogen) atoms. The van der Waals surface area contributed by atoms with Gasteiger partial charge in [-0.25, -0.2) is 4.79 Å². The van der Waals surface area contributed by atoms with Gasteiger partial charge in [-0.2, -0.15) is 0 Å². The number of hydrogen-bond acceptors (Lipinski definition) is 4. The van der Waals surface area contributed by atoms with Crippen molar-refractivity contribution in [1.29, 1.82) is 0 Å². The van der Waals surface area contributed by atoms with Gasteiger partial charge < -0.3 is 10.6 Å². The minimum Gasteiger partial charge on any atom is -0.350 e.